The number of rotatable bonds is 7. The minimum atomic E-state index is -0.526. The van der Waals surface area contributed by atoms with Crippen molar-refractivity contribution in [3.05, 3.63) is 55.9 Å². The number of hydrogen-bond donors (Lipinski definition) is 1. The first-order valence-electron chi connectivity index (χ1n) is 8.60. The number of halogens is 1. The van der Waals surface area contributed by atoms with Gasteiger partial charge in [0.25, 0.3) is 5.56 Å². The topological polar surface area (TPSA) is 99.5 Å². The molecule has 1 amide bonds. The van der Waals surface area contributed by atoms with Gasteiger partial charge < -0.3 is 14.8 Å². The molecule has 0 aliphatic heterocycles. The van der Waals surface area contributed by atoms with E-state index in [1.54, 1.807) is 31.2 Å². The van der Waals surface area contributed by atoms with Gasteiger partial charge in [-0.3, -0.25) is 14.2 Å². The number of aryl methyl sites for hydroxylation is 1. The highest BCUT2D eigenvalue weighted by atomic mass is 79.9. The molecule has 2 heterocycles. The molecule has 10 heteroatoms. The summed E-state index contributed by atoms with van der Waals surface area (Å²) in [6.45, 7) is 1.88. The third-order valence-corrected chi connectivity index (χ3v) is 5.77. The van der Waals surface area contributed by atoms with Gasteiger partial charge in [-0.2, -0.15) is 0 Å². The zero-order valence-electron chi connectivity index (χ0n) is 15.7. The van der Waals surface area contributed by atoms with Crippen molar-refractivity contribution >= 4 is 55.0 Å². The molecule has 8 nitrogen and oxygen atoms in total. The van der Waals surface area contributed by atoms with Crippen LogP contribution in [0.1, 0.15) is 15.2 Å². The highest BCUT2D eigenvalue weighted by Gasteiger charge is 2.21. The molecule has 0 saturated heterocycles. The van der Waals surface area contributed by atoms with Gasteiger partial charge in [0.05, 0.1) is 18.3 Å². The first-order valence-corrected chi connectivity index (χ1v) is 10.2. The zero-order valence-corrected chi connectivity index (χ0v) is 18.1. The summed E-state index contributed by atoms with van der Waals surface area (Å²) in [5.41, 5.74) is 0.728. The number of ether oxygens (including phenoxy) is 2. The van der Waals surface area contributed by atoms with E-state index >= 15 is 0 Å². The van der Waals surface area contributed by atoms with E-state index in [4.69, 9.17) is 9.47 Å². The number of nitrogens with zero attached hydrogens (tertiary/aromatic N) is 2. The number of carbonyl (C=O) groups is 2. The Morgan fingerprint density at radius 1 is 1.24 bits per heavy atom. The maximum absolute atomic E-state index is 12.8. The number of thiophene rings is 1. The molecule has 0 fully saturated rings. The van der Waals surface area contributed by atoms with E-state index in [1.807, 2.05) is 0 Å². The van der Waals surface area contributed by atoms with Crippen molar-refractivity contribution in [3.8, 4) is 0 Å². The van der Waals surface area contributed by atoms with Crippen LogP contribution < -0.4 is 10.9 Å². The minimum Gasteiger partial charge on any atom is -0.459 e. The molecule has 0 saturated carbocycles. The number of nitrogens with one attached hydrogen (secondary N) is 1. The van der Waals surface area contributed by atoms with E-state index in [9.17, 15) is 14.4 Å². The number of amides is 1. The number of esters is 1. The number of anilines is 1. The van der Waals surface area contributed by atoms with Crippen LogP contribution in [0, 0.1) is 6.92 Å². The smallest absolute Gasteiger partial charge is 0.348 e. The summed E-state index contributed by atoms with van der Waals surface area (Å²) in [4.78, 5) is 42.4. The van der Waals surface area contributed by atoms with Gasteiger partial charge in [-0.05, 0) is 36.8 Å². The van der Waals surface area contributed by atoms with Crippen molar-refractivity contribution in [2.24, 2.45) is 0 Å². The summed E-state index contributed by atoms with van der Waals surface area (Å²) >= 11 is 4.42. The van der Waals surface area contributed by atoms with Crippen molar-refractivity contribution in [1.29, 1.82) is 0 Å². The summed E-state index contributed by atoms with van der Waals surface area (Å²) in [7, 11) is 1.51. The van der Waals surface area contributed by atoms with Crippen LogP contribution in [0.4, 0.5) is 5.69 Å². The van der Waals surface area contributed by atoms with Gasteiger partial charge in [-0.25, -0.2) is 9.78 Å². The fourth-order valence-corrected chi connectivity index (χ4v) is 3.94. The van der Waals surface area contributed by atoms with Gasteiger partial charge in [-0.15, -0.1) is 11.3 Å². The lowest BCUT2D eigenvalue weighted by atomic mass is 10.2. The highest BCUT2D eigenvalue weighted by Crippen LogP contribution is 2.27. The van der Waals surface area contributed by atoms with E-state index in [1.165, 1.54) is 18.0 Å². The Bertz CT molecular complexity index is 1110. The third kappa shape index (κ3) is 4.89. The Balaban J connectivity index is 1.81. The van der Waals surface area contributed by atoms with Crippen molar-refractivity contribution in [2.45, 2.75) is 13.5 Å². The lowest BCUT2D eigenvalue weighted by Gasteiger charge is -2.07. The van der Waals surface area contributed by atoms with E-state index in [2.05, 4.69) is 26.2 Å². The van der Waals surface area contributed by atoms with Gasteiger partial charge in [0.1, 0.15) is 22.9 Å². The molecule has 1 N–H and O–H groups in total. The molecule has 29 heavy (non-hydrogen) atoms. The van der Waals surface area contributed by atoms with Gasteiger partial charge >= 0.3 is 5.97 Å². The molecule has 0 unspecified atom stereocenters. The number of fused-ring (bicyclic) bond motifs is 1. The summed E-state index contributed by atoms with van der Waals surface area (Å²) in [6.07, 6.45) is 1.31. The van der Waals surface area contributed by atoms with Crippen molar-refractivity contribution in [2.75, 3.05) is 25.6 Å². The van der Waals surface area contributed by atoms with Crippen LogP contribution in [-0.2, 0) is 20.8 Å². The molecular weight excluding hydrogens is 462 g/mol. The molecule has 0 radical (unpaired) electrons. The molecule has 152 valence electrons. The second-order valence-corrected chi connectivity index (χ2v) is 8.01. The molecule has 0 aliphatic carbocycles. The standard InChI is InChI=1S/C19H18BrN3O5S/c1-11-15-17(29-16(11)19(26)28-8-7-27-2)21-10-23(18(15)25)9-14(24)22-13-5-3-12(20)4-6-13/h3-6,10H,7-9H2,1-2H3,(H,22,24). The lowest BCUT2D eigenvalue weighted by Crippen LogP contribution is -2.27. The number of methoxy groups -OCH3 is 1. The van der Waals surface area contributed by atoms with Crippen molar-refractivity contribution < 1.29 is 19.1 Å². The van der Waals surface area contributed by atoms with E-state index in [-0.39, 0.29) is 31.2 Å². The quantitative estimate of drug-likeness (QED) is 0.413. The molecule has 0 bridgehead atoms. The average molecular weight is 480 g/mol. The van der Waals surface area contributed by atoms with Gasteiger partial charge in [0.2, 0.25) is 5.91 Å². The van der Waals surface area contributed by atoms with Crippen LogP contribution in [0.3, 0.4) is 0 Å². The van der Waals surface area contributed by atoms with E-state index < -0.39 is 5.97 Å². The summed E-state index contributed by atoms with van der Waals surface area (Å²) in [5, 5.41) is 3.04. The van der Waals surface area contributed by atoms with Crippen LogP contribution in [0.25, 0.3) is 10.2 Å². The van der Waals surface area contributed by atoms with Crippen molar-refractivity contribution in [1.82, 2.24) is 9.55 Å². The van der Waals surface area contributed by atoms with Gasteiger partial charge in [0.15, 0.2) is 0 Å². The molecule has 2 aromatic heterocycles. The summed E-state index contributed by atoms with van der Waals surface area (Å²) in [5.74, 6) is -0.885. The second kappa shape index (κ2) is 9.29. The normalized spacial score (nSPS) is 10.9. The predicted molar refractivity (Wildman–Crippen MR) is 114 cm³/mol. The molecule has 3 aromatic rings. The Labute approximate surface area is 178 Å². The largest absolute Gasteiger partial charge is 0.459 e. The number of hydrogen-bond acceptors (Lipinski definition) is 7. The predicted octanol–water partition coefficient (Wildman–Crippen LogP) is 2.97. The molecule has 1 aromatic carbocycles. The maximum Gasteiger partial charge on any atom is 0.348 e. The van der Waals surface area contributed by atoms with Crippen LogP contribution in [0.5, 0.6) is 0 Å². The summed E-state index contributed by atoms with van der Waals surface area (Å²) in [6, 6.07) is 7.10. The molecule has 0 spiro atoms. The minimum absolute atomic E-state index is 0.122. The van der Waals surface area contributed by atoms with E-state index in [0.29, 0.717) is 26.3 Å². The van der Waals surface area contributed by atoms with Crippen LogP contribution in [-0.4, -0.2) is 41.8 Å². The monoisotopic (exact) mass is 479 g/mol. The van der Waals surface area contributed by atoms with Crippen LogP contribution in [0.2, 0.25) is 0 Å². The average Bonchev–Trinajstić information content (AvgIpc) is 3.03. The fraction of sp³-hybridized carbons (Fsp3) is 0.263. The Morgan fingerprint density at radius 3 is 2.66 bits per heavy atom. The first kappa shape index (κ1) is 21.2. The van der Waals surface area contributed by atoms with Gasteiger partial charge in [-0.1, -0.05) is 15.9 Å². The number of carbonyl (C=O) groups excluding carboxylic acids is 2. The Morgan fingerprint density at radius 2 is 1.97 bits per heavy atom. The SMILES string of the molecule is COCCOC(=O)c1sc2ncn(CC(=O)Nc3ccc(Br)cc3)c(=O)c2c1C. The maximum atomic E-state index is 12.8. The zero-order chi connectivity index (χ0) is 21.0. The number of benzene rings is 1. The molecule has 3 rings (SSSR count). The second-order valence-electron chi connectivity index (χ2n) is 6.10. The fourth-order valence-electron chi connectivity index (χ4n) is 2.64. The summed E-state index contributed by atoms with van der Waals surface area (Å²) < 4.78 is 12.1. The van der Waals surface area contributed by atoms with E-state index in [0.717, 1.165) is 15.8 Å². The Kier molecular flexibility index (Phi) is 6.78. The first-order chi connectivity index (χ1) is 13.9. The number of aromatic nitrogens is 2. The third-order valence-electron chi connectivity index (χ3n) is 4.07. The highest BCUT2D eigenvalue weighted by molar-refractivity contribution is 9.10. The van der Waals surface area contributed by atoms with Crippen LogP contribution >= 0.6 is 27.3 Å². The molecular formula is C19H18BrN3O5S. The Hall–Kier alpha value is -2.56. The lowest BCUT2D eigenvalue weighted by molar-refractivity contribution is -0.116. The van der Waals surface area contributed by atoms with Crippen LogP contribution in [0.15, 0.2) is 39.9 Å². The van der Waals surface area contributed by atoms with Crippen molar-refractivity contribution in [3.63, 3.8) is 0 Å². The molecule has 0 atom stereocenters. The molecule has 0 aliphatic rings. The van der Waals surface area contributed by atoms with Gasteiger partial charge in [0, 0.05) is 17.3 Å².